The van der Waals surface area contributed by atoms with Crippen molar-refractivity contribution in [3.8, 4) is 6.19 Å². The van der Waals surface area contributed by atoms with Gasteiger partial charge in [0.15, 0.2) is 11.8 Å². The molecule has 7 heteroatoms. The Labute approximate surface area is 138 Å². The predicted molar refractivity (Wildman–Crippen MR) is 79.2 cm³/mol. The molecule has 1 aromatic carbocycles. The molecular formula is C17H17F2N3O2. The smallest absolute Gasteiger partial charge is 0.257 e. The van der Waals surface area contributed by atoms with E-state index in [0.29, 0.717) is 44.3 Å². The quantitative estimate of drug-likeness (QED) is 0.740. The van der Waals surface area contributed by atoms with Crippen molar-refractivity contribution in [1.82, 2.24) is 9.80 Å². The van der Waals surface area contributed by atoms with Crippen LogP contribution < -0.4 is 0 Å². The third-order valence-corrected chi connectivity index (χ3v) is 5.30. The lowest BCUT2D eigenvalue weighted by Crippen LogP contribution is -2.49. The SMILES string of the molecule is N#CN1CCC2(CC1)O[C@@H]1CC[C@@H](c3cc(F)cc(F)c3)N1C2=O. The molecule has 2 atom stereocenters. The van der Waals surface area contributed by atoms with Gasteiger partial charge >= 0.3 is 0 Å². The van der Waals surface area contributed by atoms with Crippen molar-refractivity contribution in [2.45, 2.75) is 43.6 Å². The number of hydrogen-bond donors (Lipinski definition) is 0. The minimum Gasteiger partial charge on any atom is -0.342 e. The molecule has 0 bridgehead atoms. The highest BCUT2D eigenvalue weighted by Gasteiger charge is 2.57. The van der Waals surface area contributed by atoms with Crippen molar-refractivity contribution >= 4 is 5.91 Å². The van der Waals surface area contributed by atoms with Crippen LogP contribution in [0, 0.1) is 23.1 Å². The van der Waals surface area contributed by atoms with Gasteiger partial charge in [-0.1, -0.05) is 0 Å². The first-order chi connectivity index (χ1) is 11.5. The number of likely N-dealkylation sites (tertiary alicyclic amines) is 1. The Morgan fingerprint density at radius 3 is 2.46 bits per heavy atom. The van der Waals surface area contributed by atoms with Crippen LogP contribution >= 0.6 is 0 Å². The molecule has 3 aliphatic rings. The fourth-order valence-electron chi connectivity index (χ4n) is 4.11. The summed E-state index contributed by atoms with van der Waals surface area (Å²) >= 11 is 0. The van der Waals surface area contributed by atoms with E-state index in [9.17, 15) is 13.6 Å². The van der Waals surface area contributed by atoms with Gasteiger partial charge in [0, 0.05) is 32.0 Å². The standard InChI is InChI=1S/C17H17F2N3O2/c18-12-7-11(8-13(19)9-12)14-1-2-15-22(14)16(23)17(24-15)3-5-21(10-20)6-4-17/h7-9,14-15H,1-6H2/t14-,15+/m0/s1. The predicted octanol–water partition coefficient (Wildman–Crippen LogP) is 2.30. The van der Waals surface area contributed by atoms with Gasteiger partial charge in [-0.25, -0.2) is 8.78 Å². The van der Waals surface area contributed by atoms with Crippen LogP contribution in [0.2, 0.25) is 0 Å². The Kier molecular flexibility index (Phi) is 3.46. The molecule has 0 aromatic heterocycles. The highest BCUT2D eigenvalue weighted by molar-refractivity contribution is 5.88. The molecule has 1 amide bonds. The molecule has 5 nitrogen and oxygen atoms in total. The third kappa shape index (κ3) is 2.25. The zero-order valence-corrected chi connectivity index (χ0v) is 13.0. The van der Waals surface area contributed by atoms with Gasteiger partial charge in [-0.3, -0.25) is 4.79 Å². The number of ether oxygens (including phenoxy) is 1. The fraction of sp³-hybridized carbons (Fsp3) is 0.529. The normalized spacial score (nSPS) is 28.3. The molecule has 1 aromatic rings. The summed E-state index contributed by atoms with van der Waals surface area (Å²) in [5.74, 6) is -1.40. The van der Waals surface area contributed by atoms with Gasteiger partial charge in [0.1, 0.15) is 17.9 Å². The summed E-state index contributed by atoms with van der Waals surface area (Å²) in [6, 6.07) is 3.04. The number of carbonyl (C=O) groups excluding carboxylic acids is 1. The van der Waals surface area contributed by atoms with E-state index in [2.05, 4.69) is 6.19 Å². The zero-order valence-electron chi connectivity index (χ0n) is 13.0. The molecule has 126 valence electrons. The van der Waals surface area contributed by atoms with E-state index in [1.807, 2.05) is 0 Å². The summed E-state index contributed by atoms with van der Waals surface area (Å²) < 4.78 is 33.2. The average molecular weight is 333 g/mol. The fourth-order valence-corrected chi connectivity index (χ4v) is 4.11. The van der Waals surface area contributed by atoms with Crippen molar-refractivity contribution in [3.05, 3.63) is 35.4 Å². The van der Waals surface area contributed by atoms with Crippen molar-refractivity contribution in [2.24, 2.45) is 0 Å². The van der Waals surface area contributed by atoms with E-state index in [1.165, 1.54) is 12.1 Å². The molecule has 0 radical (unpaired) electrons. The van der Waals surface area contributed by atoms with Gasteiger partial charge in [0.25, 0.3) is 5.91 Å². The van der Waals surface area contributed by atoms with Crippen LogP contribution in [0.25, 0.3) is 0 Å². The summed E-state index contributed by atoms with van der Waals surface area (Å²) in [6.45, 7) is 0.976. The number of piperidine rings is 1. The van der Waals surface area contributed by atoms with Gasteiger partial charge < -0.3 is 14.5 Å². The van der Waals surface area contributed by atoms with Gasteiger partial charge in [-0.05, 0) is 30.5 Å². The van der Waals surface area contributed by atoms with Gasteiger partial charge in [-0.15, -0.1) is 0 Å². The van der Waals surface area contributed by atoms with Gasteiger partial charge in [0.2, 0.25) is 0 Å². The lowest BCUT2D eigenvalue weighted by Gasteiger charge is -2.35. The van der Waals surface area contributed by atoms with Crippen molar-refractivity contribution < 1.29 is 18.3 Å². The van der Waals surface area contributed by atoms with Crippen molar-refractivity contribution in [2.75, 3.05) is 13.1 Å². The van der Waals surface area contributed by atoms with E-state index in [0.717, 1.165) is 6.07 Å². The highest BCUT2D eigenvalue weighted by Crippen LogP contribution is 2.47. The van der Waals surface area contributed by atoms with E-state index >= 15 is 0 Å². The van der Waals surface area contributed by atoms with Crippen LogP contribution in [0.4, 0.5) is 8.78 Å². The molecule has 3 aliphatic heterocycles. The number of hydrogen-bond acceptors (Lipinski definition) is 4. The van der Waals surface area contributed by atoms with Gasteiger partial charge in [-0.2, -0.15) is 5.26 Å². The lowest BCUT2D eigenvalue weighted by atomic mass is 9.90. The van der Waals surface area contributed by atoms with E-state index in [-0.39, 0.29) is 18.2 Å². The Morgan fingerprint density at radius 1 is 1.17 bits per heavy atom. The first kappa shape index (κ1) is 15.3. The summed E-state index contributed by atoms with van der Waals surface area (Å²) in [6.07, 6.45) is 3.96. The Morgan fingerprint density at radius 2 is 1.83 bits per heavy atom. The molecule has 1 spiro atoms. The first-order valence-corrected chi connectivity index (χ1v) is 8.14. The molecule has 4 rings (SSSR count). The Balaban J connectivity index is 1.60. The maximum Gasteiger partial charge on any atom is 0.257 e. The number of nitriles is 1. The molecule has 3 saturated heterocycles. The summed E-state index contributed by atoms with van der Waals surface area (Å²) in [7, 11) is 0. The first-order valence-electron chi connectivity index (χ1n) is 8.14. The number of carbonyl (C=O) groups is 1. The summed E-state index contributed by atoms with van der Waals surface area (Å²) in [5.41, 5.74) is -0.416. The number of nitrogens with zero attached hydrogens (tertiary/aromatic N) is 3. The van der Waals surface area contributed by atoms with Crippen molar-refractivity contribution in [3.63, 3.8) is 0 Å². The minimum atomic E-state index is -0.886. The van der Waals surface area contributed by atoms with E-state index in [1.54, 1.807) is 9.80 Å². The average Bonchev–Trinajstić information content (AvgIpc) is 3.07. The number of benzene rings is 1. The molecule has 3 heterocycles. The van der Waals surface area contributed by atoms with Crippen LogP contribution in [-0.4, -0.2) is 40.6 Å². The Hall–Kier alpha value is -2.20. The molecular weight excluding hydrogens is 316 g/mol. The zero-order chi connectivity index (χ0) is 16.9. The van der Waals surface area contributed by atoms with Crippen LogP contribution in [0.1, 0.15) is 37.3 Å². The van der Waals surface area contributed by atoms with Crippen LogP contribution in [0.3, 0.4) is 0 Å². The third-order valence-electron chi connectivity index (χ3n) is 5.30. The lowest BCUT2D eigenvalue weighted by molar-refractivity contribution is -0.142. The number of fused-ring (bicyclic) bond motifs is 1. The van der Waals surface area contributed by atoms with Crippen LogP contribution in [0.5, 0.6) is 0 Å². The largest absolute Gasteiger partial charge is 0.342 e. The maximum absolute atomic E-state index is 13.5. The number of halogens is 2. The second-order valence-electron chi connectivity index (χ2n) is 6.66. The van der Waals surface area contributed by atoms with Crippen LogP contribution in [0.15, 0.2) is 18.2 Å². The molecule has 24 heavy (non-hydrogen) atoms. The Bertz CT molecular complexity index is 705. The minimum absolute atomic E-state index is 0.114. The monoisotopic (exact) mass is 333 g/mol. The van der Waals surface area contributed by atoms with E-state index in [4.69, 9.17) is 10.00 Å². The molecule has 0 saturated carbocycles. The molecule has 0 N–H and O–H groups in total. The second kappa shape index (κ2) is 5.42. The second-order valence-corrected chi connectivity index (χ2v) is 6.66. The molecule has 3 fully saturated rings. The maximum atomic E-state index is 13.5. The molecule has 0 unspecified atom stereocenters. The number of amides is 1. The highest BCUT2D eigenvalue weighted by atomic mass is 19.1. The summed E-state index contributed by atoms with van der Waals surface area (Å²) in [5, 5.41) is 8.96. The number of rotatable bonds is 1. The van der Waals surface area contributed by atoms with Gasteiger partial charge in [0.05, 0.1) is 6.04 Å². The summed E-state index contributed by atoms with van der Waals surface area (Å²) in [4.78, 5) is 16.3. The van der Waals surface area contributed by atoms with E-state index < -0.39 is 17.2 Å². The topological polar surface area (TPSA) is 56.6 Å². The van der Waals surface area contributed by atoms with Crippen molar-refractivity contribution in [1.29, 1.82) is 5.26 Å². The van der Waals surface area contributed by atoms with Crippen LogP contribution in [-0.2, 0) is 9.53 Å². The molecule has 0 aliphatic carbocycles.